The number of benzene rings is 1. The van der Waals surface area contributed by atoms with Crippen molar-refractivity contribution in [3.05, 3.63) is 47.5 Å². The van der Waals surface area contributed by atoms with Crippen LogP contribution in [0.2, 0.25) is 0 Å². The van der Waals surface area contributed by atoms with Gasteiger partial charge in [0.2, 0.25) is 0 Å². The predicted octanol–water partition coefficient (Wildman–Crippen LogP) is 3.52. The number of carboxylic acid groups (broad SMARTS) is 1. The molecule has 30 heavy (non-hydrogen) atoms. The molecule has 2 N–H and O–H groups in total. The molecule has 0 aromatic heterocycles. The lowest BCUT2D eigenvalue weighted by molar-refractivity contribution is -0.148. The third-order valence-electron chi connectivity index (χ3n) is 5.12. The van der Waals surface area contributed by atoms with Crippen molar-refractivity contribution in [3.8, 4) is 11.8 Å². The van der Waals surface area contributed by atoms with Gasteiger partial charge in [0.25, 0.3) is 5.91 Å². The molecule has 1 aliphatic heterocycles. The quantitative estimate of drug-likeness (QED) is 0.499. The fraction of sp³-hybridized carbons (Fsp3) is 0.478. The monoisotopic (exact) mass is 419 g/mol. The van der Waals surface area contributed by atoms with Crippen LogP contribution in [0.1, 0.15) is 49.0 Å². The van der Waals surface area contributed by atoms with Crippen molar-refractivity contribution in [2.45, 2.75) is 57.6 Å². The van der Waals surface area contributed by atoms with E-state index in [2.05, 4.69) is 11.8 Å². The first kappa shape index (κ1) is 23.6. The van der Waals surface area contributed by atoms with E-state index in [0.717, 1.165) is 16.9 Å². The zero-order valence-electron chi connectivity index (χ0n) is 17.1. The number of rotatable bonds is 8. The number of carbonyl (C=O) groups is 2. The van der Waals surface area contributed by atoms with E-state index in [-0.39, 0.29) is 18.0 Å². The zero-order chi connectivity index (χ0) is 22.3. The van der Waals surface area contributed by atoms with Gasteiger partial charge in [0, 0.05) is 25.8 Å². The van der Waals surface area contributed by atoms with Crippen LogP contribution in [0.5, 0.6) is 0 Å². The van der Waals surface area contributed by atoms with Crippen molar-refractivity contribution in [1.82, 2.24) is 4.90 Å². The lowest BCUT2D eigenvalue weighted by atomic mass is 9.99. The molecule has 1 unspecified atom stereocenters. The maximum absolute atomic E-state index is 14.0. The number of nitrogens with zero attached hydrogens (tertiary/aromatic N) is 1. The van der Waals surface area contributed by atoms with Crippen LogP contribution in [-0.2, 0) is 11.2 Å². The van der Waals surface area contributed by atoms with Crippen LogP contribution in [0.3, 0.4) is 0 Å². The minimum Gasteiger partial charge on any atom is -0.478 e. The lowest BCUT2D eigenvalue weighted by Crippen LogP contribution is -2.37. The summed E-state index contributed by atoms with van der Waals surface area (Å²) in [6.07, 6.45) is 3.01. The number of aliphatic hydroxyl groups excluding tert-OH is 1. The SMILES string of the molecule is CCC#CC[C@H](C)[C@H](O)C=CC1CC(F)(F)C(=O)N1CCc1ccc(C(=O)O)cc1. The normalized spacial score (nSPS) is 20.1. The molecule has 0 spiro atoms. The van der Waals surface area contributed by atoms with Crippen LogP contribution in [0.25, 0.3) is 0 Å². The molecule has 1 saturated heterocycles. The van der Waals surface area contributed by atoms with Crippen LogP contribution in [0.4, 0.5) is 8.78 Å². The Bertz CT molecular complexity index is 839. The largest absolute Gasteiger partial charge is 0.478 e. The third kappa shape index (κ3) is 6.14. The van der Waals surface area contributed by atoms with Crippen molar-refractivity contribution < 1.29 is 28.6 Å². The number of likely N-dealkylation sites (tertiary alicyclic amines) is 1. The summed E-state index contributed by atoms with van der Waals surface area (Å²) in [7, 11) is 0. The number of hydrogen-bond donors (Lipinski definition) is 2. The Morgan fingerprint density at radius 3 is 2.60 bits per heavy atom. The third-order valence-corrected chi connectivity index (χ3v) is 5.12. The molecule has 1 aromatic carbocycles. The van der Waals surface area contributed by atoms with Crippen LogP contribution in [-0.4, -0.2) is 51.6 Å². The van der Waals surface area contributed by atoms with Gasteiger partial charge in [-0.15, -0.1) is 11.8 Å². The number of aliphatic hydroxyl groups is 1. The molecule has 0 bridgehead atoms. The predicted molar refractivity (Wildman–Crippen MR) is 109 cm³/mol. The Balaban J connectivity index is 2.04. The summed E-state index contributed by atoms with van der Waals surface area (Å²) in [5.41, 5.74) is 0.879. The molecule has 1 heterocycles. The highest BCUT2D eigenvalue weighted by molar-refractivity contribution is 5.87. The molecular formula is C23H27F2NO4. The zero-order valence-corrected chi connectivity index (χ0v) is 17.1. The summed E-state index contributed by atoms with van der Waals surface area (Å²) in [4.78, 5) is 24.2. The van der Waals surface area contributed by atoms with Gasteiger partial charge in [0.1, 0.15) is 0 Å². The van der Waals surface area contributed by atoms with Crippen LogP contribution in [0, 0.1) is 17.8 Å². The van der Waals surface area contributed by atoms with Crippen molar-refractivity contribution in [2.24, 2.45) is 5.92 Å². The van der Waals surface area contributed by atoms with Gasteiger partial charge in [-0.05, 0) is 30.0 Å². The molecule has 5 nitrogen and oxygen atoms in total. The second kappa shape index (κ2) is 10.4. The summed E-state index contributed by atoms with van der Waals surface area (Å²) in [6.45, 7) is 3.83. The molecule has 0 aliphatic carbocycles. The summed E-state index contributed by atoms with van der Waals surface area (Å²) in [5, 5.41) is 19.2. The van der Waals surface area contributed by atoms with Gasteiger partial charge in [-0.3, -0.25) is 4.79 Å². The minimum atomic E-state index is -3.44. The van der Waals surface area contributed by atoms with Crippen LogP contribution < -0.4 is 0 Å². The second-order valence-electron chi connectivity index (χ2n) is 7.49. The van der Waals surface area contributed by atoms with Crippen LogP contribution in [0.15, 0.2) is 36.4 Å². The molecule has 1 amide bonds. The summed E-state index contributed by atoms with van der Waals surface area (Å²) < 4.78 is 28.0. The molecule has 3 atom stereocenters. The van der Waals surface area contributed by atoms with E-state index in [1.165, 1.54) is 24.3 Å². The van der Waals surface area contributed by atoms with E-state index >= 15 is 0 Å². The van der Waals surface area contributed by atoms with Crippen molar-refractivity contribution in [1.29, 1.82) is 0 Å². The first-order chi connectivity index (χ1) is 14.2. The van der Waals surface area contributed by atoms with E-state index < -0.39 is 36.4 Å². The molecule has 2 rings (SSSR count). The Kier molecular flexibility index (Phi) is 8.13. The summed E-state index contributed by atoms with van der Waals surface area (Å²) in [6, 6.07) is 5.28. The van der Waals surface area contributed by atoms with E-state index in [1.807, 2.05) is 13.8 Å². The Hall–Kier alpha value is -2.72. The maximum atomic E-state index is 14.0. The van der Waals surface area contributed by atoms with Crippen molar-refractivity contribution in [3.63, 3.8) is 0 Å². The number of carbonyl (C=O) groups excluding carboxylic acids is 1. The highest BCUT2D eigenvalue weighted by Crippen LogP contribution is 2.34. The molecule has 162 valence electrons. The topological polar surface area (TPSA) is 77.8 Å². The average molecular weight is 419 g/mol. The molecule has 0 saturated carbocycles. The Labute approximate surface area is 175 Å². The molecule has 0 radical (unpaired) electrons. The number of carboxylic acids is 1. The minimum absolute atomic E-state index is 0.0729. The molecule has 1 fully saturated rings. The number of alkyl halides is 2. The van der Waals surface area contributed by atoms with E-state index in [1.54, 1.807) is 12.1 Å². The van der Waals surface area contributed by atoms with Crippen LogP contribution >= 0.6 is 0 Å². The second-order valence-corrected chi connectivity index (χ2v) is 7.49. The van der Waals surface area contributed by atoms with Gasteiger partial charge in [-0.25, -0.2) is 4.79 Å². The lowest BCUT2D eigenvalue weighted by Gasteiger charge is -2.22. The van der Waals surface area contributed by atoms with E-state index in [9.17, 15) is 23.5 Å². The van der Waals surface area contributed by atoms with Gasteiger partial charge >= 0.3 is 11.9 Å². The van der Waals surface area contributed by atoms with E-state index in [0.29, 0.717) is 12.8 Å². The van der Waals surface area contributed by atoms with Gasteiger partial charge in [-0.1, -0.05) is 38.1 Å². The number of aromatic carboxylic acids is 1. The smallest absolute Gasteiger partial charge is 0.335 e. The Morgan fingerprint density at radius 1 is 1.33 bits per heavy atom. The van der Waals surface area contributed by atoms with Gasteiger partial charge in [-0.2, -0.15) is 8.78 Å². The maximum Gasteiger partial charge on any atom is 0.335 e. The number of halogens is 2. The highest BCUT2D eigenvalue weighted by atomic mass is 19.3. The standard InChI is InChI=1S/C23H27F2NO4/c1-3-4-5-6-16(2)20(27)12-11-19-15-23(24,25)22(30)26(19)14-13-17-7-9-18(10-8-17)21(28)29/h7-12,16,19-20,27H,3,6,13-15H2,1-2H3,(H,28,29)/t16-,19?,20+/m0/s1. The van der Waals surface area contributed by atoms with Crippen molar-refractivity contribution in [2.75, 3.05) is 6.54 Å². The summed E-state index contributed by atoms with van der Waals surface area (Å²) >= 11 is 0. The molecule has 1 aromatic rings. The van der Waals surface area contributed by atoms with Crippen molar-refractivity contribution >= 4 is 11.9 Å². The molecule has 7 heteroatoms. The fourth-order valence-electron chi connectivity index (χ4n) is 3.23. The molecule has 1 aliphatic rings. The first-order valence-electron chi connectivity index (χ1n) is 9.99. The van der Waals surface area contributed by atoms with Gasteiger partial charge < -0.3 is 15.1 Å². The summed E-state index contributed by atoms with van der Waals surface area (Å²) in [5.74, 6) is 0.0181. The first-order valence-corrected chi connectivity index (χ1v) is 9.99. The van der Waals surface area contributed by atoms with E-state index in [4.69, 9.17) is 5.11 Å². The fourth-order valence-corrected chi connectivity index (χ4v) is 3.23. The molecular weight excluding hydrogens is 392 g/mol. The highest BCUT2D eigenvalue weighted by Gasteiger charge is 2.52. The number of amides is 1. The van der Waals surface area contributed by atoms with Gasteiger partial charge in [0.05, 0.1) is 17.7 Å². The van der Waals surface area contributed by atoms with Gasteiger partial charge in [0.15, 0.2) is 0 Å². The average Bonchev–Trinajstić information content (AvgIpc) is 2.93. The number of hydrogen-bond acceptors (Lipinski definition) is 3. The Morgan fingerprint density at radius 2 is 2.00 bits per heavy atom.